The minimum Gasteiger partial charge on any atom is -0.390 e. The third-order valence-corrected chi connectivity index (χ3v) is 4.02. The Hall–Kier alpha value is -0.0400. The van der Waals surface area contributed by atoms with E-state index in [1.807, 2.05) is 0 Å². The van der Waals surface area contributed by atoms with Crippen LogP contribution in [0, 0.1) is 11.8 Å². The molecule has 1 N–H and O–H groups in total. The molecule has 0 saturated heterocycles. The highest BCUT2D eigenvalue weighted by atomic mass is 16.3. The molecule has 84 valence electrons. The maximum atomic E-state index is 10.6. The molecule has 14 heavy (non-hydrogen) atoms. The van der Waals surface area contributed by atoms with Crippen LogP contribution in [0.1, 0.15) is 65.7 Å². The molecule has 3 atom stereocenters. The van der Waals surface area contributed by atoms with Gasteiger partial charge in [0.05, 0.1) is 5.60 Å². The lowest BCUT2D eigenvalue weighted by atomic mass is 9.80. The summed E-state index contributed by atoms with van der Waals surface area (Å²) in [4.78, 5) is 0. The van der Waals surface area contributed by atoms with Crippen LogP contribution < -0.4 is 0 Å². The predicted molar refractivity (Wildman–Crippen MR) is 61.3 cm³/mol. The van der Waals surface area contributed by atoms with Gasteiger partial charge in [-0.3, -0.25) is 0 Å². The van der Waals surface area contributed by atoms with Gasteiger partial charge in [-0.05, 0) is 37.5 Å². The van der Waals surface area contributed by atoms with Crippen molar-refractivity contribution in [3.8, 4) is 0 Å². The average Bonchev–Trinajstić information content (AvgIpc) is 2.30. The Morgan fingerprint density at radius 1 is 1.36 bits per heavy atom. The molecule has 1 aliphatic rings. The van der Waals surface area contributed by atoms with Gasteiger partial charge in [0.15, 0.2) is 0 Å². The molecule has 0 aliphatic heterocycles. The Morgan fingerprint density at radius 2 is 2.07 bits per heavy atom. The first-order valence-corrected chi connectivity index (χ1v) is 6.31. The fourth-order valence-electron chi connectivity index (χ4n) is 2.72. The maximum Gasteiger partial charge on any atom is 0.0673 e. The fraction of sp³-hybridized carbons (Fsp3) is 1.00. The van der Waals surface area contributed by atoms with Gasteiger partial charge in [-0.1, -0.05) is 40.0 Å². The Bertz CT molecular complexity index is 167. The van der Waals surface area contributed by atoms with Crippen LogP contribution in [0.25, 0.3) is 0 Å². The van der Waals surface area contributed by atoms with Gasteiger partial charge in [0.1, 0.15) is 0 Å². The summed E-state index contributed by atoms with van der Waals surface area (Å²) >= 11 is 0. The number of rotatable bonds is 3. The monoisotopic (exact) mass is 198 g/mol. The standard InChI is InChI=1S/C13H26O/c1-4-6-12(3)13(14)9-5-7-11(2)8-10-13/h11-12,14H,4-10H2,1-3H3. The van der Waals surface area contributed by atoms with Gasteiger partial charge in [0.2, 0.25) is 0 Å². The molecule has 1 rings (SSSR count). The Kier molecular flexibility index (Phi) is 4.43. The summed E-state index contributed by atoms with van der Waals surface area (Å²) in [6, 6.07) is 0. The largest absolute Gasteiger partial charge is 0.390 e. The van der Waals surface area contributed by atoms with Crippen LogP contribution in [-0.4, -0.2) is 10.7 Å². The molecule has 0 aromatic carbocycles. The van der Waals surface area contributed by atoms with E-state index in [-0.39, 0.29) is 5.60 Å². The van der Waals surface area contributed by atoms with Crippen molar-refractivity contribution in [3.63, 3.8) is 0 Å². The molecular formula is C13H26O. The van der Waals surface area contributed by atoms with Crippen molar-refractivity contribution < 1.29 is 5.11 Å². The number of hydrogen-bond donors (Lipinski definition) is 1. The Morgan fingerprint density at radius 3 is 2.71 bits per heavy atom. The normalized spacial score (nSPS) is 36.4. The summed E-state index contributed by atoms with van der Waals surface area (Å²) in [5.41, 5.74) is -0.346. The highest BCUT2D eigenvalue weighted by Crippen LogP contribution is 2.36. The van der Waals surface area contributed by atoms with Gasteiger partial charge in [0, 0.05) is 0 Å². The summed E-state index contributed by atoms with van der Waals surface area (Å²) in [7, 11) is 0. The lowest BCUT2D eigenvalue weighted by Crippen LogP contribution is -2.35. The van der Waals surface area contributed by atoms with Crippen molar-refractivity contribution in [2.75, 3.05) is 0 Å². The third kappa shape index (κ3) is 2.98. The van der Waals surface area contributed by atoms with E-state index in [4.69, 9.17) is 0 Å². The van der Waals surface area contributed by atoms with E-state index in [1.165, 1.54) is 32.1 Å². The molecule has 0 spiro atoms. The van der Waals surface area contributed by atoms with Crippen LogP contribution in [0.4, 0.5) is 0 Å². The minimum atomic E-state index is -0.346. The summed E-state index contributed by atoms with van der Waals surface area (Å²) in [6.07, 6.45) is 8.15. The summed E-state index contributed by atoms with van der Waals surface area (Å²) in [5, 5.41) is 10.6. The molecule has 3 unspecified atom stereocenters. The lowest BCUT2D eigenvalue weighted by molar-refractivity contribution is -0.0292. The third-order valence-electron chi connectivity index (χ3n) is 4.02. The zero-order chi connectivity index (χ0) is 10.6. The van der Waals surface area contributed by atoms with Crippen LogP contribution in [0.5, 0.6) is 0 Å². The number of hydrogen-bond acceptors (Lipinski definition) is 1. The molecule has 0 radical (unpaired) electrons. The number of aliphatic hydroxyl groups is 1. The van der Waals surface area contributed by atoms with Crippen molar-refractivity contribution in [2.45, 2.75) is 71.3 Å². The zero-order valence-electron chi connectivity index (χ0n) is 10.1. The molecule has 1 aliphatic carbocycles. The first-order chi connectivity index (χ1) is 6.58. The molecular weight excluding hydrogens is 172 g/mol. The van der Waals surface area contributed by atoms with Crippen LogP contribution in [0.15, 0.2) is 0 Å². The second-order valence-electron chi connectivity index (χ2n) is 5.33. The Balaban J connectivity index is 2.53. The molecule has 1 nitrogen and oxygen atoms in total. The van der Waals surface area contributed by atoms with E-state index in [9.17, 15) is 5.11 Å². The van der Waals surface area contributed by atoms with Crippen molar-refractivity contribution in [1.29, 1.82) is 0 Å². The van der Waals surface area contributed by atoms with Crippen molar-refractivity contribution in [2.24, 2.45) is 11.8 Å². The van der Waals surface area contributed by atoms with E-state index in [0.717, 1.165) is 18.8 Å². The first-order valence-electron chi connectivity index (χ1n) is 6.31. The second kappa shape index (κ2) is 5.16. The van der Waals surface area contributed by atoms with Gasteiger partial charge in [0.25, 0.3) is 0 Å². The molecule has 1 saturated carbocycles. The zero-order valence-corrected chi connectivity index (χ0v) is 10.1. The van der Waals surface area contributed by atoms with Gasteiger partial charge in [-0.25, -0.2) is 0 Å². The van der Waals surface area contributed by atoms with Gasteiger partial charge >= 0.3 is 0 Å². The van der Waals surface area contributed by atoms with Crippen LogP contribution >= 0.6 is 0 Å². The summed E-state index contributed by atoms with van der Waals surface area (Å²) < 4.78 is 0. The first kappa shape index (κ1) is 12.0. The highest BCUT2D eigenvalue weighted by molar-refractivity contribution is 4.86. The highest BCUT2D eigenvalue weighted by Gasteiger charge is 2.34. The summed E-state index contributed by atoms with van der Waals surface area (Å²) in [5.74, 6) is 1.30. The SMILES string of the molecule is CCCC(C)C1(O)CCCC(C)CC1. The quantitative estimate of drug-likeness (QED) is 0.685. The fourth-order valence-corrected chi connectivity index (χ4v) is 2.72. The van der Waals surface area contributed by atoms with E-state index in [0.29, 0.717) is 5.92 Å². The van der Waals surface area contributed by atoms with Crippen LogP contribution in [-0.2, 0) is 0 Å². The molecule has 0 aromatic rings. The van der Waals surface area contributed by atoms with E-state index in [1.54, 1.807) is 0 Å². The second-order valence-corrected chi connectivity index (χ2v) is 5.33. The molecule has 0 bridgehead atoms. The summed E-state index contributed by atoms with van der Waals surface area (Å²) in [6.45, 7) is 6.74. The van der Waals surface area contributed by atoms with Crippen LogP contribution in [0.2, 0.25) is 0 Å². The molecule has 1 heteroatoms. The minimum absolute atomic E-state index is 0.346. The molecule has 1 fully saturated rings. The van der Waals surface area contributed by atoms with E-state index >= 15 is 0 Å². The predicted octanol–water partition coefficient (Wildman–Crippen LogP) is 3.75. The molecule has 0 heterocycles. The maximum absolute atomic E-state index is 10.6. The van der Waals surface area contributed by atoms with Gasteiger partial charge in [-0.2, -0.15) is 0 Å². The molecule has 0 amide bonds. The molecule has 0 aromatic heterocycles. The van der Waals surface area contributed by atoms with Gasteiger partial charge in [-0.15, -0.1) is 0 Å². The van der Waals surface area contributed by atoms with Crippen molar-refractivity contribution in [1.82, 2.24) is 0 Å². The van der Waals surface area contributed by atoms with Crippen molar-refractivity contribution in [3.05, 3.63) is 0 Å². The van der Waals surface area contributed by atoms with Crippen LogP contribution in [0.3, 0.4) is 0 Å². The average molecular weight is 198 g/mol. The Labute approximate surface area is 88.9 Å². The van der Waals surface area contributed by atoms with Gasteiger partial charge < -0.3 is 5.11 Å². The smallest absolute Gasteiger partial charge is 0.0673 e. The van der Waals surface area contributed by atoms with E-state index in [2.05, 4.69) is 20.8 Å². The van der Waals surface area contributed by atoms with Crippen molar-refractivity contribution >= 4 is 0 Å². The van der Waals surface area contributed by atoms with E-state index < -0.39 is 0 Å². The lowest BCUT2D eigenvalue weighted by Gasteiger charge is -2.33. The topological polar surface area (TPSA) is 20.2 Å².